The van der Waals surface area contributed by atoms with Crippen molar-refractivity contribution in [2.24, 2.45) is 0 Å². The molecule has 1 aliphatic heterocycles. The summed E-state index contributed by atoms with van der Waals surface area (Å²) in [6, 6.07) is 65.5. The molecule has 0 bridgehead atoms. The van der Waals surface area contributed by atoms with E-state index in [9.17, 15) is 0 Å². The first-order valence-corrected chi connectivity index (χ1v) is 18.4. The van der Waals surface area contributed by atoms with Crippen molar-refractivity contribution in [3.63, 3.8) is 0 Å². The van der Waals surface area contributed by atoms with Crippen molar-refractivity contribution in [3.8, 4) is 56.3 Å². The Hall–Kier alpha value is -7.30. The SMILES string of the molecule is c1ccc(-c2ccc3c4cc5c(cc4n(-c4nc(-c6ccccc6)c6ccccc6n4)c3c2)-c2ccccc2-n2c3ccccc3c3cccc-5c32)cc1. The van der Waals surface area contributed by atoms with Gasteiger partial charge in [0.15, 0.2) is 0 Å². The van der Waals surface area contributed by atoms with Gasteiger partial charge in [0.05, 0.1) is 39.0 Å². The van der Waals surface area contributed by atoms with E-state index in [1.165, 1.54) is 60.7 Å². The van der Waals surface area contributed by atoms with Crippen LogP contribution in [0.1, 0.15) is 0 Å². The van der Waals surface area contributed by atoms with Crippen LogP contribution in [0.15, 0.2) is 182 Å². The number of hydrogen-bond acceptors (Lipinski definition) is 2. The predicted molar refractivity (Wildman–Crippen MR) is 224 cm³/mol. The summed E-state index contributed by atoms with van der Waals surface area (Å²) in [5, 5.41) is 5.89. The molecular weight excluding hydrogens is 657 g/mol. The maximum atomic E-state index is 5.43. The number of hydrogen-bond donors (Lipinski definition) is 0. The van der Waals surface area contributed by atoms with Crippen molar-refractivity contribution in [1.82, 2.24) is 19.1 Å². The maximum Gasteiger partial charge on any atom is 0.235 e. The average Bonchev–Trinajstić information content (AvgIpc) is 3.71. The Balaban J connectivity index is 1.24. The summed E-state index contributed by atoms with van der Waals surface area (Å²) in [6.07, 6.45) is 0. The van der Waals surface area contributed by atoms with Crippen LogP contribution in [0.4, 0.5) is 0 Å². The second-order valence-corrected chi connectivity index (χ2v) is 14.2. The molecule has 250 valence electrons. The summed E-state index contributed by atoms with van der Waals surface area (Å²) in [6.45, 7) is 0. The fraction of sp³-hybridized carbons (Fsp3) is 0. The van der Waals surface area contributed by atoms with Crippen molar-refractivity contribution in [2.45, 2.75) is 0 Å². The normalized spacial score (nSPS) is 12.1. The van der Waals surface area contributed by atoms with Crippen LogP contribution in [0.2, 0.25) is 0 Å². The maximum absolute atomic E-state index is 5.43. The van der Waals surface area contributed by atoms with Crippen LogP contribution in [0, 0.1) is 0 Å². The molecule has 4 heteroatoms. The van der Waals surface area contributed by atoms with E-state index in [0.29, 0.717) is 5.95 Å². The second kappa shape index (κ2) is 11.1. The number of aromatic nitrogens is 4. The van der Waals surface area contributed by atoms with E-state index >= 15 is 0 Å². The van der Waals surface area contributed by atoms with Gasteiger partial charge in [-0.3, -0.25) is 4.57 Å². The Bertz CT molecular complexity index is 3320. The van der Waals surface area contributed by atoms with E-state index in [1.807, 2.05) is 0 Å². The van der Waals surface area contributed by atoms with Crippen LogP contribution in [0.25, 0.3) is 111 Å². The number of fused-ring (bicyclic) bond motifs is 12. The molecular formula is C50H30N4. The molecule has 4 heterocycles. The van der Waals surface area contributed by atoms with Crippen molar-refractivity contribution >= 4 is 54.5 Å². The van der Waals surface area contributed by atoms with Gasteiger partial charge >= 0.3 is 0 Å². The van der Waals surface area contributed by atoms with E-state index in [1.54, 1.807) is 0 Å². The topological polar surface area (TPSA) is 35.6 Å². The van der Waals surface area contributed by atoms with Crippen LogP contribution in [0.5, 0.6) is 0 Å². The summed E-state index contributed by atoms with van der Waals surface area (Å²) in [4.78, 5) is 10.7. The van der Waals surface area contributed by atoms with Crippen molar-refractivity contribution in [3.05, 3.63) is 182 Å². The Morgan fingerprint density at radius 3 is 1.85 bits per heavy atom. The molecule has 0 fully saturated rings. The lowest BCUT2D eigenvalue weighted by atomic mass is 9.92. The van der Waals surface area contributed by atoms with Gasteiger partial charge in [0.25, 0.3) is 0 Å². The molecule has 0 radical (unpaired) electrons. The molecule has 0 atom stereocenters. The molecule has 0 unspecified atom stereocenters. The van der Waals surface area contributed by atoms with Crippen LogP contribution in [0.3, 0.4) is 0 Å². The van der Waals surface area contributed by atoms with E-state index in [0.717, 1.165) is 44.1 Å². The zero-order valence-electron chi connectivity index (χ0n) is 29.1. The third kappa shape index (κ3) is 4.08. The van der Waals surface area contributed by atoms with Gasteiger partial charge in [0.1, 0.15) is 0 Å². The Kier molecular flexibility index (Phi) is 6.02. The van der Waals surface area contributed by atoms with Crippen molar-refractivity contribution in [2.75, 3.05) is 0 Å². The Labute approximate surface area is 310 Å². The first-order chi connectivity index (χ1) is 26.8. The van der Waals surface area contributed by atoms with Gasteiger partial charge in [-0.15, -0.1) is 0 Å². The summed E-state index contributed by atoms with van der Waals surface area (Å²) in [7, 11) is 0. The fourth-order valence-corrected chi connectivity index (χ4v) is 8.90. The molecule has 0 saturated carbocycles. The molecule has 0 spiro atoms. The van der Waals surface area contributed by atoms with Gasteiger partial charge in [-0.25, -0.2) is 9.97 Å². The largest absolute Gasteiger partial charge is 0.308 e. The first-order valence-electron chi connectivity index (χ1n) is 18.4. The molecule has 11 aromatic rings. The molecule has 0 N–H and O–H groups in total. The van der Waals surface area contributed by atoms with Crippen LogP contribution < -0.4 is 0 Å². The minimum atomic E-state index is 0.652. The monoisotopic (exact) mass is 686 g/mol. The van der Waals surface area contributed by atoms with Crippen molar-refractivity contribution in [1.29, 1.82) is 0 Å². The molecule has 0 aliphatic carbocycles. The molecule has 4 nitrogen and oxygen atoms in total. The molecule has 0 amide bonds. The molecule has 12 rings (SSSR count). The van der Waals surface area contributed by atoms with Gasteiger partial charge in [-0.05, 0) is 58.7 Å². The number of rotatable bonds is 3. The highest BCUT2D eigenvalue weighted by atomic mass is 15.2. The lowest BCUT2D eigenvalue weighted by Gasteiger charge is -2.14. The lowest BCUT2D eigenvalue weighted by molar-refractivity contribution is 1.01. The zero-order valence-corrected chi connectivity index (χ0v) is 29.1. The summed E-state index contributed by atoms with van der Waals surface area (Å²) >= 11 is 0. The van der Waals surface area contributed by atoms with E-state index < -0.39 is 0 Å². The van der Waals surface area contributed by atoms with Gasteiger partial charge in [-0.2, -0.15) is 0 Å². The highest BCUT2D eigenvalue weighted by molar-refractivity contribution is 6.19. The molecule has 1 aliphatic rings. The summed E-state index contributed by atoms with van der Waals surface area (Å²) in [5.74, 6) is 0.652. The lowest BCUT2D eigenvalue weighted by Crippen LogP contribution is -2.03. The van der Waals surface area contributed by atoms with Gasteiger partial charge < -0.3 is 4.57 Å². The minimum Gasteiger partial charge on any atom is -0.308 e. The summed E-state index contributed by atoms with van der Waals surface area (Å²) in [5.41, 5.74) is 15.8. The third-order valence-corrected chi connectivity index (χ3v) is 11.3. The highest BCUT2D eigenvalue weighted by Gasteiger charge is 2.27. The first kappa shape index (κ1) is 29.3. The molecule has 3 aromatic heterocycles. The molecule has 54 heavy (non-hydrogen) atoms. The number of benzene rings is 8. The van der Waals surface area contributed by atoms with Gasteiger partial charge in [-0.1, -0.05) is 146 Å². The summed E-state index contributed by atoms with van der Waals surface area (Å²) < 4.78 is 4.76. The standard InChI is InChI=1S/C50H30N4/c1-3-14-31(15-4-1)33-26-27-36-42-29-40-38-22-13-21-37-34-18-8-11-24-44(34)53(49(37)38)45-25-12-9-19-35(45)41(40)30-47(42)54(46(36)28-33)50-51-43-23-10-7-20-39(43)48(52-50)32-16-5-2-6-17-32/h1-30H. The van der Waals surface area contributed by atoms with Crippen molar-refractivity contribution < 1.29 is 0 Å². The Morgan fingerprint density at radius 2 is 0.981 bits per heavy atom. The van der Waals surface area contributed by atoms with E-state index in [4.69, 9.17) is 9.97 Å². The van der Waals surface area contributed by atoms with Gasteiger partial charge in [0, 0.05) is 43.6 Å². The molecule has 8 aromatic carbocycles. The highest BCUT2D eigenvalue weighted by Crippen LogP contribution is 2.49. The third-order valence-electron chi connectivity index (χ3n) is 11.3. The van der Waals surface area contributed by atoms with E-state index in [-0.39, 0.29) is 0 Å². The smallest absolute Gasteiger partial charge is 0.235 e. The molecule has 0 saturated heterocycles. The predicted octanol–water partition coefficient (Wildman–Crippen LogP) is 12.8. The van der Waals surface area contributed by atoms with E-state index in [2.05, 4.69) is 191 Å². The van der Waals surface area contributed by atoms with Crippen LogP contribution >= 0.6 is 0 Å². The second-order valence-electron chi connectivity index (χ2n) is 14.2. The number of nitrogens with zero attached hydrogens (tertiary/aromatic N) is 4. The fourth-order valence-electron chi connectivity index (χ4n) is 8.90. The zero-order chi connectivity index (χ0) is 35.3. The average molecular weight is 687 g/mol. The Morgan fingerprint density at radius 1 is 0.333 bits per heavy atom. The minimum absolute atomic E-state index is 0.652. The number of para-hydroxylation sites is 4. The quantitative estimate of drug-likeness (QED) is 0.185. The van der Waals surface area contributed by atoms with Gasteiger partial charge in [0.2, 0.25) is 5.95 Å². The van der Waals surface area contributed by atoms with Crippen LogP contribution in [-0.2, 0) is 0 Å². The van der Waals surface area contributed by atoms with Crippen LogP contribution in [-0.4, -0.2) is 19.1 Å².